The molecule has 0 aromatic rings. The molecular weight excluding hydrogens is 719 g/mol. The minimum Gasteiger partial charge on any atom is -0.466 e. The summed E-state index contributed by atoms with van der Waals surface area (Å²) in [5.74, 6) is -0.0967. The van der Waals surface area contributed by atoms with Gasteiger partial charge in [0.25, 0.3) is 0 Å². The van der Waals surface area contributed by atoms with E-state index in [0.29, 0.717) is 19.4 Å². The molecule has 342 valence electrons. The van der Waals surface area contributed by atoms with Gasteiger partial charge in [-0.2, -0.15) is 0 Å². The third-order valence-corrected chi connectivity index (χ3v) is 11.7. The Morgan fingerprint density at radius 2 is 0.810 bits per heavy atom. The fourth-order valence-electron chi connectivity index (χ4n) is 7.74. The first-order valence-electron chi connectivity index (χ1n) is 25.6. The number of carbonyl (C=O) groups excluding carboxylic acids is 2. The van der Waals surface area contributed by atoms with E-state index in [1.807, 2.05) is 6.08 Å². The highest BCUT2D eigenvalue weighted by Gasteiger charge is 2.18. The largest absolute Gasteiger partial charge is 0.466 e. The third kappa shape index (κ3) is 43.9. The van der Waals surface area contributed by atoms with E-state index in [2.05, 4.69) is 31.3 Å². The van der Waals surface area contributed by atoms with Crippen molar-refractivity contribution in [2.75, 3.05) is 13.2 Å². The number of allylic oxidation sites excluding steroid dienone is 3. The zero-order chi connectivity index (χ0) is 42.3. The smallest absolute Gasteiger partial charge is 0.305 e. The van der Waals surface area contributed by atoms with Crippen molar-refractivity contribution < 1.29 is 24.5 Å². The number of carbonyl (C=O) groups is 2. The molecule has 0 aliphatic heterocycles. The van der Waals surface area contributed by atoms with E-state index < -0.39 is 12.1 Å². The molecule has 58 heavy (non-hydrogen) atoms. The van der Waals surface area contributed by atoms with Crippen LogP contribution in [0.15, 0.2) is 24.3 Å². The first-order valence-corrected chi connectivity index (χ1v) is 25.6. The average molecular weight is 818 g/mol. The number of ether oxygens (including phenoxy) is 1. The summed E-state index contributed by atoms with van der Waals surface area (Å²) in [6.45, 7) is 4.86. The van der Waals surface area contributed by atoms with E-state index in [4.69, 9.17) is 4.74 Å². The summed E-state index contributed by atoms with van der Waals surface area (Å²) in [5, 5.41) is 23.0. The first-order chi connectivity index (χ1) is 28.5. The fraction of sp³-hybridized carbons (Fsp3) is 0.885. The summed E-state index contributed by atoms with van der Waals surface area (Å²) in [6.07, 6.45) is 56.0. The zero-order valence-corrected chi connectivity index (χ0v) is 38.8. The van der Waals surface area contributed by atoms with E-state index in [0.717, 1.165) is 57.8 Å². The maximum Gasteiger partial charge on any atom is 0.305 e. The number of nitrogens with one attached hydrogen (secondary N) is 1. The van der Waals surface area contributed by atoms with Crippen molar-refractivity contribution >= 4 is 11.9 Å². The van der Waals surface area contributed by atoms with Crippen LogP contribution in [0.4, 0.5) is 0 Å². The SMILES string of the molecule is CCCCCCCCC/C=C\CCCCCCCC(=O)OCCCCCCCCCCCCCCCC(=O)NC(CO)C(O)/C=C/CCCCCCCCCCCC. The van der Waals surface area contributed by atoms with Gasteiger partial charge in [0.1, 0.15) is 0 Å². The van der Waals surface area contributed by atoms with E-state index >= 15 is 0 Å². The molecule has 0 aromatic heterocycles. The molecule has 0 saturated carbocycles. The van der Waals surface area contributed by atoms with Crippen LogP contribution in [0, 0.1) is 0 Å². The Morgan fingerprint density at radius 1 is 0.466 bits per heavy atom. The monoisotopic (exact) mass is 818 g/mol. The number of aliphatic hydroxyl groups excluding tert-OH is 2. The zero-order valence-electron chi connectivity index (χ0n) is 38.8. The number of hydrogen-bond donors (Lipinski definition) is 3. The van der Waals surface area contributed by atoms with Gasteiger partial charge in [-0.05, 0) is 57.8 Å². The molecule has 2 atom stereocenters. The normalized spacial score (nSPS) is 12.8. The van der Waals surface area contributed by atoms with Crippen molar-refractivity contribution in [1.29, 1.82) is 0 Å². The topological polar surface area (TPSA) is 95.9 Å². The Kier molecular flexibility index (Phi) is 46.6. The van der Waals surface area contributed by atoms with Crippen LogP contribution in [0.5, 0.6) is 0 Å². The molecule has 0 rings (SSSR count). The van der Waals surface area contributed by atoms with Crippen molar-refractivity contribution in [3.8, 4) is 0 Å². The van der Waals surface area contributed by atoms with Crippen LogP contribution in [-0.2, 0) is 14.3 Å². The number of hydrogen-bond acceptors (Lipinski definition) is 5. The number of rotatable bonds is 47. The van der Waals surface area contributed by atoms with Crippen LogP contribution < -0.4 is 5.32 Å². The van der Waals surface area contributed by atoms with E-state index in [-0.39, 0.29) is 18.5 Å². The maximum atomic E-state index is 12.4. The predicted octanol–water partition coefficient (Wildman–Crippen LogP) is 15.1. The van der Waals surface area contributed by atoms with Crippen molar-refractivity contribution in [2.45, 2.75) is 283 Å². The molecule has 2 unspecified atom stereocenters. The van der Waals surface area contributed by atoms with Gasteiger partial charge in [0.05, 0.1) is 25.4 Å². The minimum absolute atomic E-state index is 0.0147. The van der Waals surface area contributed by atoms with Crippen molar-refractivity contribution in [3.05, 3.63) is 24.3 Å². The summed E-state index contributed by atoms with van der Waals surface area (Å²) in [7, 11) is 0. The molecule has 0 bridgehead atoms. The van der Waals surface area contributed by atoms with Gasteiger partial charge < -0.3 is 20.3 Å². The lowest BCUT2D eigenvalue weighted by Gasteiger charge is -2.20. The standard InChI is InChI=1S/C52H99NO5/c1-3-5-7-9-11-13-15-17-18-19-22-26-30-34-38-42-46-52(57)58-47-43-39-35-31-27-23-20-21-25-29-33-37-41-45-51(56)53-49(48-54)50(55)44-40-36-32-28-24-16-14-12-10-8-6-4-2/h18-19,40,44,49-50,54-55H,3-17,20-39,41-43,45-48H2,1-2H3,(H,53,56)/b19-18-,44-40+. The van der Waals surface area contributed by atoms with Gasteiger partial charge in [-0.25, -0.2) is 0 Å². The van der Waals surface area contributed by atoms with Gasteiger partial charge in [0.15, 0.2) is 0 Å². The van der Waals surface area contributed by atoms with Crippen LogP contribution in [0.25, 0.3) is 0 Å². The molecule has 0 saturated heterocycles. The van der Waals surface area contributed by atoms with Gasteiger partial charge >= 0.3 is 5.97 Å². The molecule has 0 heterocycles. The lowest BCUT2D eigenvalue weighted by molar-refractivity contribution is -0.143. The highest BCUT2D eigenvalue weighted by atomic mass is 16.5. The van der Waals surface area contributed by atoms with Crippen LogP contribution >= 0.6 is 0 Å². The van der Waals surface area contributed by atoms with E-state index in [9.17, 15) is 19.8 Å². The van der Waals surface area contributed by atoms with Crippen LogP contribution in [-0.4, -0.2) is 47.4 Å². The predicted molar refractivity (Wildman–Crippen MR) is 250 cm³/mol. The molecule has 0 radical (unpaired) electrons. The highest BCUT2D eigenvalue weighted by Crippen LogP contribution is 2.15. The Hall–Kier alpha value is -1.66. The van der Waals surface area contributed by atoms with Gasteiger partial charge in [-0.1, -0.05) is 224 Å². The Morgan fingerprint density at radius 3 is 1.22 bits per heavy atom. The lowest BCUT2D eigenvalue weighted by atomic mass is 10.0. The lowest BCUT2D eigenvalue weighted by Crippen LogP contribution is -2.45. The summed E-state index contributed by atoms with van der Waals surface area (Å²) in [6, 6.07) is -0.636. The average Bonchev–Trinajstić information content (AvgIpc) is 3.22. The summed E-state index contributed by atoms with van der Waals surface area (Å²) in [5.41, 5.74) is 0. The minimum atomic E-state index is -0.851. The molecular formula is C52H99NO5. The maximum absolute atomic E-state index is 12.4. The Balaban J connectivity index is 3.47. The van der Waals surface area contributed by atoms with Crippen LogP contribution in [0.1, 0.15) is 271 Å². The van der Waals surface area contributed by atoms with E-state index in [1.165, 1.54) is 186 Å². The Labute approximate surface area is 361 Å². The Bertz CT molecular complexity index is 904. The number of unbranched alkanes of at least 4 members (excludes halogenated alkanes) is 34. The molecule has 6 heteroatoms. The molecule has 0 spiro atoms. The molecule has 0 aromatic carbocycles. The van der Waals surface area contributed by atoms with E-state index in [1.54, 1.807) is 6.08 Å². The quantitative estimate of drug-likeness (QED) is 0.0323. The molecule has 0 aliphatic rings. The molecule has 0 aliphatic carbocycles. The second kappa shape index (κ2) is 48.0. The third-order valence-electron chi connectivity index (χ3n) is 11.7. The van der Waals surface area contributed by atoms with Gasteiger partial charge in [0.2, 0.25) is 5.91 Å². The number of esters is 1. The van der Waals surface area contributed by atoms with Crippen LogP contribution in [0.2, 0.25) is 0 Å². The number of amides is 1. The summed E-state index contributed by atoms with van der Waals surface area (Å²) < 4.78 is 5.46. The molecule has 0 fully saturated rings. The highest BCUT2D eigenvalue weighted by molar-refractivity contribution is 5.76. The van der Waals surface area contributed by atoms with Gasteiger partial charge in [-0.3, -0.25) is 9.59 Å². The van der Waals surface area contributed by atoms with Crippen molar-refractivity contribution in [1.82, 2.24) is 5.32 Å². The van der Waals surface area contributed by atoms with Gasteiger partial charge in [-0.15, -0.1) is 0 Å². The van der Waals surface area contributed by atoms with Crippen molar-refractivity contribution in [3.63, 3.8) is 0 Å². The first kappa shape index (κ1) is 56.3. The van der Waals surface area contributed by atoms with Crippen molar-refractivity contribution in [2.24, 2.45) is 0 Å². The molecule has 3 N–H and O–H groups in total. The second-order valence-corrected chi connectivity index (χ2v) is 17.5. The molecule has 6 nitrogen and oxygen atoms in total. The summed E-state index contributed by atoms with van der Waals surface area (Å²) >= 11 is 0. The second-order valence-electron chi connectivity index (χ2n) is 17.5. The van der Waals surface area contributed by atoms with Gasteiger partial charge in [0, 0.05) is 12.8 Å². The fourth-order valence-corrected chi connectivity index (χ4v) is 7.74. The number of aliphatic hydroxyl groups is 2. The molecule has 1 amide bonds. The summed E-state index contributed by atoms with van der Waals surface area (Å²) in [4.78, 5) is 24.4. The van der Waals surface area contributed by atoms with Crippen LogP contribution in [0.3, 0.4) is 0 Å².